The summed E-state index contributed by atoms with van der Waals surface area (Å²) in [7, 11) is 1.65. The Morgan fingerprint density at radius 1 is 1.11 bits per heavy atom. The van der Waals surface area contributed by atoms with Gasteiger partial charge >= 0.3 is 0 Å². The van der Waals surface area contributed by atoms with Gasteiger partial charge in [-0.15, -0.1) is 0 Å². The van der Waals surface area contributed by atoms with E-state index in [1.807, 2.05) is 12.1 Å². The Bertz CT molecular complexity index is 537. The third kappa shape index (κ3) is 3.94. The van der Waals surface area contributed by atoms with Gasteiger partial charge < -0.3 is 9.94 Å². The molecule has 0 saturated heterocycles. The van der Waals surface area contributed by atoms with Crippen LogP contribution in [0.5, 0.6) is 5.75 Å². The van der Waals surface area contributed by atoms with Gasteiger partial charge in [0, 0.05) is 13.6 Å². The first kappa shape index (κ1) is 13.8. The molecule has 0 aliphatic carbocycles. The van der Waals surface area contributed by atoms with E-state index >= 15 is 0 Å². The van der Waals surface area contributed by atoms with Crippen LogP contribution in [0.1, 0.15) is 25.3 Å². The molecule has 3 nitrogen and oxygen atoms in total. The van der Waals surface area contributed by atoms with Crippen LogP contribution in [0.25, 0.3) is 10.8 Å². The van der Waals surface area contributed by atoms with Crippen molar-refractivity contribution in [1.82, 2.24) is 5.06 Å². The second kappa shape index (κ2) is 6.55. The number of ether oxygens (including phenoxy) is 1. The summed E-state index contributed by atoms with van der Waals surface area (Å²) in [6, 6.07) is 12.3. The fraction of sp³-hybridized carbons (Fsp3) is 0.375. The number of benzene rings is 2. The maximum atomic E-state index is 9.28. The summed E-state index contributed by atoms with van der Waals surface area (Å²) in [6.45, 7) is 3.44. The van der Waals surface area contributed by atoms with Crippen molar-refractivity contribution in [2.45, 2.75) is 26.3 Å². The average molecular weight is 259 g/mol. The molecular weight excluding hydrogens is 238 g/mol. The molecule has 2 aromatic carbocycles. The summed E-state index contributed by atoms with van der Waals surface area (Å²) in [5.41, 5.74) is 1.09. The molecule has 0 radical (unpaired) electrons. The van der Waals surface area contributed by atoms with Crippen molar-refractivity contribution < 1.29 is 9.94 Å². The van der Waals surface area contributed by atoms with Gasteiger partial charge in [-0.25, -0.2) is 0 Å². The topological polar surface area (TPSA) is 32.7 Å². The monoisotopic (exact) mass is 259 g/mol. The van der Waals surface area contributed by atoms with E-state index < -0.39 is 0 Å². The van der Waals surface area contributed by atoms with Crippen LogP contribution < -0.4 is 4.74 Å². The van der Waals surface area contributed by atoms with Crippen LogP contribution in [-0.4, -0.2) is 23.9 Å². The van der Waals surface area contributed by atoms with E-state index in [9.17, 15) is 5.21 Å². The van der Waals surface area contributed by atoms with Gasteiger partial charge in [-0.2, -0.15) is 5.06 Å². The summed E-state index contributed by atoms with van der Waals surface area (Å²) in [4.78, 5) is 0. The maximum Gasteiger partial charge on any atom is 0.119 e. The van der Waals surface area contributed by atoms with Gasteiger partial charge in [0.15, 0.2) is 0 Å². The van der Waals surface area contributed by atoms with E-state index in [0.717, 1.165) is 36.1 Å². The zero-order chi connectivity index (χ0) is 13.7. The molecule has 102 valence electrons. The lowest BCUT2D eigenvalue weighted by Crippen LogP contribution is -2.11. The Balaban J connectivity index is 2.19. The predicted octanol–water partition coefficient (Wildman–Crippen LogP) is 3.84. The molecule has 3 heteroatoms. The zero-order valence-electron chi connectivity index (χ0n) is 11.6. The zero-order valence-corrected chi connectivity index (χ0v) is 11.6. The van der Waals surface area contributed by atoms with Crippen molar-refractivity contribution in [3.63, 3.8) is 0 Å². The molecule has 0 amide bonds. The molecule has 0 atom stereocenters. The summed E-state index contributed by atoms with van der Waals surface area (Å²) in [6.07, 6.45) is 2.22. The number of nitrogens with zero attached hydrogens (tertiary/aromatic N) is 1. The van der Waals surface area contributed by atoms with Crippen molar-refractivity contribution >= 4 is 10.8 Å². The highest BCUT2D eigenvalue weighted by molar-refractivity contribution is 5.84. The van der Waals surface area contributed by atoms with Crippen molar-refractivity contribution in [2.24, 2.45) is 0 Å². The molecule has 0 saturated carbocycles. The molecule has 0 unspecified atom stereocenters. The van der Waals surface area contributed by atoms with Crippen LogP contribution in [0.3, 0.4) is 0 Å². The van der Waals surface area contributed by atoms with Crippen molar-refractivity contribution in [3.8, 4) is 5.75 Å². The van der Waals surface area contributed by atoms with Crippen LogP contribution >= 0.6 is 0 Å². The number of hydrogen-bond acceptors (Lipinski definition) is 3. The molecule has 0 fully saturated rings. The fourth-order valence-electron chi connectivity index (χ4n) is 2.06. The number of rotatable bonds is 6. The lowest BCUT2D eigenvalue weighted by Gasteiger charge is -2.10. The first-order chi connectivity index (χ1) is 9.19. The molecule has 0 aliphatic heterocycles. The van der Waals surface area contributed by atoms with Gasteiger partial charge in [0.2, 0.25) is 0 Å². The van der Waals surface area contributed by atoms with Crippen LogP contribution in [0.2, 0.25) is 0 Å². The van der Waals surface area contributed by atoms with E-state index in [-0.39, 0.29) is 0 Å². The lowest BCUT2D eigenvalue weighted by molar-refractivity contribution is -0.0731. The highest BCUT2D eigenvalue weighted by Gasteiger charge is 2.01. The van der Waals surface area contributed by atoms with Gasteiger partial charge in [-0.1, -0.05) is 31.5 Å². The maximum absolute atomic E-state index is 9.28. The molecule has 19 heavy (non-hydrogen) atoms. The molecule has 2 rings (SSSR count). The standard InChI is InChI=1S/C16H21NO2/c1-3-4-9-19-16-8-7-14-6-5-13(12-17(2)18)10-15(14)11-16/h5-8,10-11,18H,3-4,9,12H2,1-2H3. The lowest BCUT2D eigenvalue weighted by atomic mass is 10.1. The molecule has 0 aromatic heterocycles. The predicted molar refractivity (Wildman–Crippen MR) is 77.6 cm³/mol. The molecule has 0 aliphatic rings. The second-order valence-electron chi connectivity index (χ2n) is 4.86. The summed E-state index contributed by atoms with van der Waals surface area (Å²) in [5, 5.41) is 12.8. The number of fused-ring (bicyclic) bond motifs is 1. The number of hydrogen-bond donors (Lipinski definition) is 1. The third-order valence-corrected chi connectivity index (χ3v) is 3.05. The molecule has 0 spiro atoms. The van der Waals surface area contributed by atoms with Crippen molar-refractivity contribution in [2.75, 3.05) is 13.7 Å². The SMILES string of the molecule is CCCCOc1ccc2ccc(CN(C)O)cc2c1. The minimum atomic E-state index is 0.525. The largest absolute Gasteiger partial charge is 0.494 e. The highest BCUT2D eigenvalue weighted by atomic mass is 16.5. The number of unbranched alkanes of at least 4 members (excludes halogenated alkanes) is 1. The summed E-state index contributed by atoms with van der Waals surface area (Å²) >= 11 is 0. The first-order valence-electron chi connectivity index (χ1n) is 6.74. The average Bonchev–Trinajstić information content (AvgIpc) is 2.38. The molecule has 0 bridgehead atoms. The Morgan fingerprint density at radius 3 is 2.63 bits per heavy atom. The smallest absolute Gasteiger partial charge is 0.119 e. The highest BCUT2D eigenvalue weighted by Crippen LogP contribution is 2.22. The van der Waals surface area contributed by atoms with Crippen LogP contribution in [0, 0.1) is 0 Å². The van der Waals surface area contributed by atoms with Crippen LogP contribution in [-0.2, 0) is 6.54 Å². The minimum Gasteiger partial charge on any atom is -0.494 e. The Morgan fingerprint density at radius 2 is 1.89 bits per heavy atom. The second-order valence-corrected chi connectivity index (χ2v) is 4.86. The fourth-order valence-corrected chi connectivity index (χ4v) is 2.06. The van der Waals surface area contributed by atoms with E-state index in [2.05, 4.69) is 31.2 Å². The van der Waals surface area contributed by atoms with E-state index in [1.165, 1.54) is 10.4 Å². The van der Waals surface area contributed by atoms with Gasteiger partial charge in [0.1, 0.15) is 5.75 Å². The van der Waals surface area contributed by atoms with Gasteiger partial charge in [-0.05, 0) is 41.0 Å². The number of hydroxylamine groups is 2. The molecule has 2 aromatic rings. The van der Waals surface area contributed by atoms with Crippen molar-refractivity contribution in [1.29, 1.82) is 0 Å². The van der Waals surface area contributed by atoms with Gasteiger partial charge in [-0.3, -0.25) is 0 Å². The van der Waals surface area contributed by atoms with Gasteiger partial charge in [0.05, 0.1) is 6.61 Å². The third-order valence-electron chi connectivity index (χ3n) is 3.05. The van der Waals surface area contributed by atoms with Gasteiger partial charge in [0.25, 0.3) is 0 Å². The molecule has 0 heterocycles. The Labute approximate surface area is 114 Å². The molecule has 1 N–H and O–H groups in total. The summed E-state index contributed by atoms with van der Waals surface area (Å²) in [5.74, 6) is 0.912. The quantitative estimate of drug-likeness (QED) is 0.632. The normalized spacial score (nSPS) is 11.2. The van der Waals surface area contributed by atoms with E-state index in [4.69, 9.17) is 4.74 Å². The Kier molecular flexibility index (Phi) is 4.77. The summed E-state index contributed by atoms with van der Waals surface area (Å²) < 4.78 is 5.72. The van der Waals surface area contributed by atoms with Crippen molar-refractivity contribution in [3.05, 3.63) is 42.0 Å². The van der Waals surface area contributed by atoms with Crippen LogP contribution in [0.4, 0.5) is 0 Å². The Hall–Kier alpha value is -1.58. The van der Waals surface area contributed by atoms with E-state index in [0.29, 0.717) is 6.54 Å². The van der Waals surface area contributed by atoms with Crippen LogP contribution in [0.15, 0.2) is 36.4 Å². The minimum absolute atomic E-state index is 0.525. The first-order valence-corrected chi connectivity index (χ1v) is 6.74. The molecular formula is C16H21NO2. The van der Waals surface area contributed by atoms with E-state index in [1.54, 1.807) is 7.05 Å².